The Kier molecular flexibility index (Phi) is 8.51. The van der Waals surface area contributed by atoms with Crippen molar-refractivity contribution in [3.8, 4) is 11.5 Å². The van der Waals surface area contributed by atoms with Gasteiger partial charge in [-0.1, -0.05) is 6.92 Å². The van der Waals surface area contributed by atoms with Crippen molar-refractivity contribution >= 4 is 27.3 Å². The highest BCUT2D eigenvalue weighted by Crippen LogP contribution is 2.34. The number of methoxy groups -OCH3 is 1. The maximum atomic E-state index is 13.7. The predicted octanol–water partition coefficient (Wildman–Crippen LogP) is 4.89. The Morgan fingerprint density at radius 2 is 1.81 bits per heavy atom. The van der Waals surface area contributed by atoms with Gasteiger partial charge in [-0.15, -0.1) is 11.3 Å². The SMILES string of the molecule is CC[C@H](C)N(CC(=O)N1CCc2sccc2[C@@H]1COc1ccc(F)cc1)S(=O)(=O)c1ccc(OC)cc1. The summed E-state index contributed by atoms with van der Waals surface area (Å²) in [4.78, 5) is 16.7. The standard InChI is InChI=1S/C27H31FN2O5S2/c1-4-19(2)30(37(32,33)23-11-9-21(34-3)10-12-23)17-27(31)29-15-13-26-24(14-16-36-26)25(29)18-35-22-7-5-20(28)6-8-22/h5-12,14,16,19,25H,4,13,15,17-18H2,1-3H3/t19-,25-/m0/s1. The molecule has 3 aromatic rings. The van der Waals surface area contributed by atoms with Gasteiger partial charge in [0.2, 0.25) is 15.9 Å². The number of sulfonamides is 1. The molecule has 4 rings (SSSR count). The summed E-state index contributed by atoms with van der Waals surface area (Å²) in [6.07, 6.45) is 1.24. The molecule has 0 N–H and O–H groups in total. The number of ether oxygens (including phenoxy) is 2. The molecule has 198 valence electrons. The first-order chi connectivity index (χ1) is 17.7. The molecular weight excluding hydrogens is 515 g/mol. The van der Waals surface area contributed by atoms with Gasteiger partial charge in [-0.3, -0.25) is 4.79 Å². The lowest BCUT2D eigenvalue weighted by atomic mass is 10.0. The first-order valence-corrected chi connectivity index (χ1v) is 14.5. The van der Waals surface area contributed by atoms with Gasteiger partial charge in [-0.25, -0.2) is 12.8 Å². The Hall–Kier alpha value is -2.95. The molecule has 2 aromatic carbocycles. The zero-order chi connectivity index (χ0) is 26.6. The lowest BCUT2D eigenvalue weighted by Crippen LogP contribution is -2.49. The molecule has 1 amide bonds. The molecule has 0 bridgehead atoms. The minimum absolute atomic E-state index is 0.108. The number of hydrogen-bond acceptors (Lipinski definition) is 6. The van der Waals surface area contributed by atoms with Gasteiger partial charge in [0.1, 0.15) is 23.9 Å². The van der Waals surface area contributed by atoms with Gasteiger partial charge < -0.3 is 14.4 Å². The first-order valence-electron chi connectivity index (χ1n) is 12.1. The number of hydrogen-bond donors (Lipinski definition) is 0. The largest absolute Gasteiger partial charge is 0.497 e. The third-order valence-corrected chi connectivity index (χ3v) is 9.65. The number of amides is 1. The van der Waals surface area contributed by atoms with Crippen LogP contribution in [0.25, 0.3) is 0 Å². The van der Waals surface area contributed by atoms with E-state index < -0.39 is 10.0 Å². The van der Waals surface area contributed by atoms with E-state index in [0.29, 0.717) is 30.9 Å². The van der Waals surface area contributed by atoms with E-state index in [1.165, 1.54) is 40.6 Å². The van der Waals surface area contributed by atoms with Crippen molar-refractivity contribution in [3.63, 3.8) is 0 Å². The van der Waals surface area contributed by atoms with E-state index in [1.54, 1.807) is 47.4 Å². The number of nitrogens with zero attached hydrogens (tertiary/aromatic N) is 2. The Labute approximate surface area is 221 Å². The lowest BCUT2D eigenvalue weighted by Gasteiger charge is -2.37. The number of fused-ring (bicyclic) bond motifs is 1. The Morgan fingerprint density at radius 1 is 1.14 bits per heavy atom. The van der Waals surface area contributed by atoms with Crippen LogP contribution in [0.1, 0.15) is 36.8 Å². The number of carbonyl (C=O) groups is 1. The van der Waals surface area contributed by atoms with Crippen molar-refractivity contribution in [1.29, 1.82) is 0 Å². The molecule has 37 heavy (non-hydrogen) atoms. The molecule has 0 radical (unpaired) electrons. The second-order valence-electron chi connectivity index (χ2n) is 8.90. The van der Waals surface area contributed by atoms with Gasteiger partial charge in [0.15, 0.2) is 0 Å². The number of rotatable bonds is 10. The fourth-order valence-corrected chi connectivity index (χ4v) is 6.95. The topological polar surface area (TPSA) is 76.2 Å². The van der Waals surface area contributed by atoms with Crippen LogP contribution in [0.5, 0.6) is 11.5 Å². The van der Waals surface area contributed by atoms with Crippen molar-refractivity contribution in [2.75, 3.05) is 26.8 Å². The molecule has 10 heteroatoms. The molecule has 2 heterocycles. The quantitative estimate of drug-likeness (QED) is 0.362. The van der Waals surface area contributed by atoms with E-state index in [2.05, 4.69) is 0 Å². The van der Waals surface area contributed by atoms with Gasteiger partial charge in [-0.2, -0.15) is 4.31 Å². The molecule has 7 nitrogen and oxygen atoms in total. The van der Waals surface area contributed by atoms with Crippen LogP contribution in [0.4, 0.5) is 4.39 Å². The molecule has 0 unspecified atom stereocenters. The molecule has 0 aliphatic carbocycles. The highest BCUT2D eigenvalue weighted by molar-refractivity contribution is 7.89. The maximum absolute atomic E-state index is 13.7. The fraction of sp³-hybridized carbons (Fsp3) is 0.370. The molecule has 1 aliphatic rings. The van der Waals surface area contributed by atoms with E-state index in [1.807, 2.05) is 18.4 Å². The summed E-state index contributed by atoms with van der Waals surface area (Å²) >= 11 is 1.63. The summed E-state index contributed by atoms with van der Waals surface area (Å²) < 4.78 is 52.9. The van der Waals surface area contributed by atoms with Crippen molar-refractivity contribution in [1.82, 2.24) is 9.21 Å². The number of halogens is 1. The second kappa shape index (κ2) is 11.6. The van der Waals surface area contributed by atoms with Crippen LogP contribution in [-0.4, -0.2) is 56.4 Å². The number of benzene rings is 2. The van der Waals surface area contributed by atoms with Crippen LogP contribution in [-0.2, 0) is 21.2 Å². The average molecular weight is 547 g/mol. The minimum atomic E-state index is -3.93. The summed E-state index contributed by atoms with van der Waals surface area (Å²) in [7, 11) is -2.42. The highest BCUT2D eigenvalue weighted by atomic mass is 32.2. The molecular formula is C27H31FN2O5S2. The zero-order valence-electron chi connectivity index (χ0n) is 21.1. The van der Waals surface area contributed by atoms with E-state index in [9.17, 15) is 17.6 Å². The Balaban J connectivity index is 1.58. The smallest absolute Gasteiger partial charge is 0.243 e. The first kappa shape index (κ1) is 27.1. The van der Waals surface area contributed by atoms with Crippen LogP contribution in [0.15, 0.2) is 64.9 Å². The number of thiophene rings is 1. The Bertz CT molecular complexity index is 1310. The minimum Gasteiger partial charge on any atom is -0.497 e. The zero-order valence-corrected chi connectivity index (χ0v) is 22.7. The van der Waals surface area contributed by atoms with Gasteiger partial charge in [0, 0.05) is 17.5 Å². The Morgan fingerprint density at radius 3 is 2.46 bits per heavy atom. The fourth-order valence-electron chi connectivity index (χ4n) is 4.37. The molecule has 2 atom stereocenters. The second-order valence-corrected chi connectivity index (χ2v) is 11.8. The van der Waals surface area contributed by atoms with Crippen LogP contribution in [0.3, 0.4) is 0 Å². The number of carbonyl (C=O) groups excluding carboxylic acids is 1. The normalized spacial score (nSPS) is 16.4. The molecule has 1 aliphatic heterocycles. The van der Waals surface area contributed by atoms with E-state index in [-0.39, 0.29) is 41.9 Å². The average Bonchev–Trinajstić information content (AvgIpc) is 3.40. The van der Waals surface area contributed by atoms with Crippen molar-refractivity contribution < 1.29 is 27.1 Å². The van der Waals surface area contributed by atoms with Crippen LogP contribution >= 0.6 is 11.3 Å². The molecule has 0 fully saturated rings. The van der Waals surface area contributed by atoms with Crippen molar-refractivity contribution in [2.45, 2.75) is 43.7 Å². The summed E-state index contributed by atoms with van der Waals surface area (Å²) in [5, 5.41) is 1.99. The van der Waals surface area contributed by atoms with Crippen LogP contribution in [0.2, 0.25) is 0 Å². The van der Waals surface area contributed by atoms with E-state index >= 15 is 0 Å². The predicted molar refractivity (Wildman–Crippen MR) is 141 cm³/mol. The monoisotopic (exact) mass is 546 g/mol. The summed E-state index contributed by atoms with van der Waals surface area (Å²) in [5.74, 6) is 0.403. The van der Waals surface area contributed by atoms with Gasteiger partial charge in [0.05, 0.1) is 24.6 Å². The van der Waals surface area contributed by atoms with Crippen LogP contribution in [0, 0.1) is 5.82 Å². The van der Waals surface area contributed by atoms with E-state index in [0.717, 1.165) is 5.56 Å². The lowest BCUT2D eigenvalue weighted by molar-refractivity contribution is -0.135. The van der Waals surface area contributed by atoms with Crippen molar-refractivity contribution in [2.24, 2.45) is 0 Å². The van der Waals surface area contributed by atoms with Gasteiger partial charge >= 0.3 is 0 Å². The third kappa shape index (κ3) is 5.97. The summed E-state index contributed by atoms with van der Waals surface area (Å²) in [6.45, 7) is 4.05. The molecule has 0 saturated heterocycles. The maximum Gasteiger partial charge on any atom is 0.243 e. The highest BCUT2D eigenvalue weighted by Gasteiger charge is 2.36. The third-order valence-electron chi connectivity index (χ3n) is 6.68. The molecule has 0 saturated carbocycles. The van der Waals surface area contributed by atoms with Crippen LogP contribution < -0.4 is 9.47 Å². The molecule has 0 spiro atoms. The summed E-state index contributed by atoms with van der Waals surface area (Å²) in [5.41, 5.74) is 1.000. The molecule has 1 aromatic heterocycles. The van der Waals surface area contributed by atoms with Crippen molar-refractivity contribution in [3.05, 3.63) is 76.2 Å². The van der Waals surface area contributed by atoms with E-state index in [4.69, 9.17) is 9.47 Å². The summed E-state index contributed by atoms with van der Waals surface area (Å²) in [6, 6.07) is 13.1. The van der Waals surface area contributed by atoms with Gasteiger partial charge in [-0.05, 0) is 85.3 Å². The van der Waals surface area contributed by atoms with Gasteiger partial charge in [0.25, 0.3) is 0 Å².